The maximum absolute atomic E-state index is 14.2. The van der Waals surface area contributed by atoms with Crippen LogP contribution in [0.25, 0.3) is 22.4 Å². The number of benzene rings is 1. The summed E-state index contributed by atoms with van der Waals surface area (Å²) in [7, 11) is 0. The van der Waals surface area contributed by atoms with E-state index in [4.69, 9.17) is 9.15 Å². The van der Waals surface area contributed by atoms with Crippen LogP contribution in [-0.2, 0) is 4.74 Å². The molecular formula is C22H25FN4O3. The summed E-state index contributed by atoms with van der Waals surface area (Å²) in [5, 5.41) is 0. The number of piperazine rings is 1. The van der Waals surface area contributed by atoms with E-state index in [0.717, 1.165) is 0 Å². The predicted octanol–water partition coefficient (Wildman–Crippen LogP) is 4.47. The van der Waals surface area contributed by atoms with Gasteiger partial charge < -0.3 is 19.0 Å². The Hall–Kier alpha value is -3.16. The normalized spacial score (nSPS) is 17.4. The first-order chi connectivity index (χ1) is 14.2. The zero-order valence-corrected chi connectivity index (χ0v) is 17.6. The number of oxazole rings is 1. The van der Waals surface area contributed by atoms with Gasteiger partial charge in [-0.1, -0.05) is 6.07 Å². The molecule has 3 aromatic rings. The summed E-state index contributed by atoms with van der Waals surface area (Å²) in [5.41, 5.74) is 1.57. The van der Waals surface area contributed by atoms with E-state index in [9.17, 15) is 9.18 Å². The van der Waals surface area contributed by atoms with E-state index in [2.05, 4.69) is 9.97 Å². The molecule has 8 heteroatoms. The molecule has 7 nitrogen and oxygen atoms in total. The Morgan fingerprint density at radius 2 is 2.07 bits per heavy atom. The van der Waals surface area contributed by atoms with Crippen molar-refractivity contribution < 1.29 is 18.3 Å². The molecular weight excluding hydrogens is 387 g/mol. The zero-order chi connectivity index (χ0) is 21.5. The molecule has 0 N–H and O–H groups in total. The van der Waals surface area contributed by atoms with Crippen molar-refractivity contribution in [1.82, 2.24) is 14.9 Å². The van der Waals surface area contributed by atoms with Gasteiger partial charge in [-0.3, -0.25) is 4.98 Å². The van der Waals surface area contributed by atoms with Gasteiger partial charge in [0.2, 0.25) is 0 Å². The van der Waals surface area contributed by atoms with Gasteiger partial charge in [0.1, 0.15) is 16.9 Å². The maximum atomic E-state index is 14.2. The molecule has 0 spiro atoms. The van der Waals surface area contributed by atoms with Gasteiger partial charge in [-0.25, -0.2) is 9.18 Å². The lowest BCUT2D eigenvalue weighted by atomic mass is 10.1. The fourth-order valence-electron chi connectivity index (χ4n) is 3.56. The van der Waals surface area contributed by atoms with E-state index < -0.39 is 11.4 Å². The van der Waals surface area contributed by atoms with Crippen molar-refractivity contribution in [2.75, 3.05) is 24.5 Å². The molecule has 0 saturated carbocycles. The highest BCUT2D eigenvalue weighted by Gasteiger charge is 2.32. The first kappa shape index (κ1) is 20.1. The molecule has 4 rings (SSSR count). The predicted molar refractivity (Wildman–Crippen MR) is 112 cm³/mol. The number of carbonyl (C=O) groups excluding carboxylic acids is 1. The van der Waals surface area contributed by atoms with Gasteiger partial charge >= 0.3 is 6.09 Å². The van der Waals surface area contributed by atoms with Crippen molar-refractivity contribution in [1.29, 1.82) is 0 Å². The molecule has 1 saturated heterocycles. The van der Waals surface area contributed by atoms with Crippen LogP contribution in [0.3, 0.4) is 0 Å². The molecule has 1 aromatic carbocycles. The number of carbonyl (C=O) groups is 1. The SMILES string of the molecule is C[C@H]1CN(C(=O)OC(C)(C)C)CCN1c1nc2cc(F)cc(-c3ccccn3)c2o1. The van der Waals surface area contributed by atoms with Crippen LogP contribution >= 0.6 is 0 Å². The third-order valence-electron chi connectivity index (χ3n) is 4.91. The lowest BCUT2D eigenvalue weighted by molar-refractivity contribution is 0.0216. The molecule has 0 unspecified atom stereocenters. The van der Waals surface area contributed by atoms with Crippen LogP contribution in [0.4, 0.5) is 15.2 Å². The van der Waals surface area contributed by atoms with Crippen LogP contribution < -0.4 is 4.90 Å². The number of rotatable bonds is 2. The van der Waals surface area contributed by atoms with Gasteiger partial charge in [0, 0.05) is 43.5 Å². The molecule has 2 aromatic heterocycles. The second kappa shape index (κ2) is 7.59. The minimum atomic E-state index is -0.538. The average Bonchev–Trinajstić information content (AvgIpc) is 3.10. The molecule has 1 atom stereocenters. The first-order valence-corrected chi connectivity index (χ1v) is 9.97. The van der Waals surface area contributed by atoms with Crippen LogP contribution in [0.15, 0.2) is 40.9 Å². The summed E-state index contributed by atoms with van der Waals surface area (Å²) in [6.07, 6.45) is 1.33. The maximum Gasteiger partial charge on any atom is 0.410 e. The standard InChI is InChI=1S/C22H25FN4O3/c1-14-13-26(21(28)30-22(2,3)4)9-10-27(14)20-25-18-12-15(23)11-16(19(18)29-20)17-7-5-6-8-24-17/h5-8,11-12,14H,9-10,13H2,1-4H3/t14-/m0/s1. The number of pyridine rings is 1. The summed E-state index contributed by atoms with van der Waals surface area (Å²) in [6, 6.07) is 8.58. The van der Waals surface area contributed by atoms with E-state index in [1.807, 2.05) is 38.7 Å². The summed E-state index contributed by atoms with van der Waals surface area (Å²) in [5.74, 6) is -0.397. The highest BCUT2D eigenvalue weighted by molar-refractivity contribution is 5.90. The third kappa shape index (κ3) is 4.08. The monoisotopic (exact) mass is 412 g/mol. The number of amides is 1. The second-order valence-corrected chi connectivity index (χ2v) is 8.48. The molecule has 0 radical (unpaired) electrons. The van der Waals surface area contributed by atoms with Gasteiger partial charge in [-0.2, -0.15) is 4.98 Å². The lowest BCUT2D eigenvalue weighted by Gasteiger charge is -2.39. The molecule has 0 aliphatic carbocycles. The zero-order valence-electron chi connectivity index (χ0n) is 17.6. The number of fused-ring (bicyclic) bond motifs is 1. The number of aromatic nitrogens is 2. The summed E-state index contributed by atoms with van der Waals surface area (Å²) in [6.45, 7) is 9.04. The summed E-state index contributed by atoms with van der Waals surface area (Å²) >= 11 is 0. The molecule has 1 fully saturated rings. The average molecular weight is 412 g/mol. The highest BCUT2D eigenvalue weighted by Crippen LogP contribution is 2.33. The Bertz CT molecular complexity index is 1060. The number of hydrogen-bond donors (Lipinski definition) is 0. The first-order valence-electron chi connectivity index (χ1n) is 9.97. The van der Waals surface area contributed by atoms with Crippen molar-refractivity contribution >= 4 is 23.2 Å². The van der Waals surface area contributed by atoms with Crippen LogP contribution in [-0.4, -0.2) is 52.2 Å². The van der Waals surface area contributed by atoms with Crippen LogP contribution in [0, 0.1) is 5.82 Å². The quantitative estimate of drug-likeness (QED) is 0.618. The Kier molecular flexibility index (Phi) is 5.09. The Morgan fingerprint density at radius 3 is 2.73 bits per heavy atom. The van der Waals surface area contributed by atoms with E-state index in [1.54, 1.807) is 23.2 Å². The van der Waals surface area contributed by atoms with E-state index in [0.29, 0.717) is 48.0 Å². The molecule has 3 heterocycles. The molecule has 1 aliphatic rings. The Morgan fingerprint density at radius 1 is 1.27 bits per heavy atom. The topological polar surface area (TPSA) is 71.7 Å². The number of anilines is 1. The molecule has 1 amide bonds. The van der Waals surface area contributed by atoms with Crippen molar-refractivity contribution in [3.63, 3.8) is 0 Å². The highest BCUT2D eigenvalue weighted by atomic mass is 19.1. The molecule has 0 bridgehead atoms. The minimum Gasteiger partial charge on any atom is -0.444 e. The molecule has 158 valence electrons. The van der Waals surface area contributed by atoms with Crippen LogP contribution in [0.5, 0.6) is 0 Å². The van der Waals surface area contributed by atoms with Crippen LogP contribution in [0.1, 0.15) is 27.7 Å². The van der Waals surface area contributed by atoms with E-state index in [1.165, 1.54) is 12.1 Å². The summed E-state index contributed by atoms with van der Waals surface area (Å²) < 4.78 is 25.7. The fraction of sp³-hybridized carbons (Fsp3) is 0.409. The van der Waals surface area contributed by atoms with Crippen molar-refractivity contribution in [2.24, 2.45) is 0 Å². The Labute approximate surface area is 174 Å². The van der Waals surface area contributed by atoms with Gasteiger partial charge in [0.15, 0.2) is 5.58 Å². The largest absolute Gasteiger partial charge is 0.444 e. The Balaban J connectivity index is 1.60. The van der Waals surface area contributed by atoms with Crippen molar-refractivity contribution in [3.8, 4) is 11.3 Å². The number of ether oxygens (including phenoxy) is 1. The summed E-state index contributed by atoms with van der Waals surface area (Å²) in [4.78, 5) is 24.9. The second-order valence-electron chi connectivity index (χ2n) is 8.48. The number of halogens is 1. The van der Waals surface area contributed by atoms with Crippen molar-refractivity contribution in [3.05, 3.63) is 42.3 Å². The molecule has 1 aliphatic heterocycles. The van der Waals surface area contributed by atoms with Gasteiger partial charge in [-0.05, 0) is 45.9 Å². The van der Waals surface area contributed by atoms with Gasteiger partial charge in [0.25, 0.3) is 6.01 Å². The van der Waals surface area contributed by atoms with E-state index >= 15 is 0 Å². The van der Waals surface area contributed by atoms with Crippen molar-refractivity contribution in [2.45, 2.75) is 39.3 Å². The number of hydrogen-bond acceptors (Lipinski definition) is 6. The minimum absolute atomic E-state index is 0.0394. The smallest absolute Gasteiger partial charge is 0.410 e. The third-order valence-corrected chi connectivity index (χ3v) is 4.91. The fourth-order valence-corrected chi connectivity index (χ4v) is 3.56. The van der Waals surface area contributed by atoms with E-state index in [-0.39, 0.29) is 12.1 Å². The lowest BCUT2D eigenvalue weighted by Crippen LogP contribution is -2.54. The number of nitrogens with zero attached hydrogens (tertiary/aromatic N) is 4. The molecule has 30 heavy (non-hydrogen) atoms. The van der Waals surface area contributed by atoms with Crippen LogP contribution in [0.2, 0.25) is 0 Å². The van der Waals surface area contributed by atoms with Gasteiger partial charge in [-0.15, -0.1) is 0 Å². The van der Waals surface area contributed by atoms with Gasteiger partial charge in [0.05, 0.1) is 5.69 Å².